The minimum atomic E-state index is -4.94. The number of carbonyl (C=O) groups is 1. The van der Waals surface area contributed by atoms with Gasteiger partial charge in [-0.25, -0.2) is 9.97 Å². The van der Waals surface area contributed by atoms with Gasteiger partial charge in [-0.05, 0) is 23.8 Å². The molecular formula is C15H11F6N3O. The maximum absolute atomic E-state index is 12.8. The molecule has 0 saturated heterocycles. The lowest BCUT2D eigenvalue weighted by Gasteiger charge is -2.19. The van der Waals surface area contributed by atoms with Crippen LogP contribution in [0.3, 0.4) is 0 Å². The fraction of sp³-hybridized carbons (Fsp3) is 0.267. The topological polar surface area (TPSA) is 46.1 Å². The molecule has 0 fully saturated rings. The van der Waals surface area contributed by atoms with E-state index in [1.165, 1.54) is 25.8 Å². The van der Waals surface area contributed by atoms with E-state index in [1.54, 1.807) is 0 Å². The summed E-state index contributed by atoms with van der Waals surface area (Å²) in [6, 6.07) is 1.21. The molecule has 4 nitrogen and oxygen atoms in total. The molecule has 134 valence electrons. The van der Waals surface area contributed by atoms with E-state index >= 15 is 0 Å². The molecule has 1 amide bonds. The number of benzene rings is 1. The molecule has 0 atom stereocenters. The highest BCUT2D eigenvalue weighted by Gasteiger charge is 2.37. The van der Waals surface area contributed by atoms with Gasteiger partial charge in [0.15, 0.2) is 0 Å². The molecule has 2 aromatic rings. The van der Waals surface area contributed by atoms with Crippen LogP contribution >= 0.6 is 0 Å². The summed E-state index contributed by atoms with van der Waals surface area (Å²) in [5.41, 5.74) is -3.09. The molecule has 0 bridgehead atoms. The lowest BCUT2D eigenvalue weighted by Crippen LogP contribution is -2.27. The van der Waals surface area contributed by atoms with E-state index in [1.807, 2.05) is 0 Å². The predicted octanol–water partition coefficient (Wildman–Crippen LogP) is 3.79. The minimum Gasteiger partial charge on any atom is -0.337 e. The van der Waals surface area contributed by atoms with Crippen LogP contribution in [0, 0.1) is 0 Å². The summed E-state index contributed by atoms with van der Waals surface area (Å²) in [5, 5.41) is 0. The van der Waals surface area contributed by atoms with E-state index in [9.17, 15) is 31.1 Å². The second kappa shape index (κ2) is 6.69. The molecule has 1 aromatic carbocycles. The highest BCUT2D eigenvalue weighted by atomic mass is 19.4. The highest BCUT2D eigenvalue weighted by molar-refractivity contribution is 5.93. The van der Waals surface area contributed by atoms with Crippen LogP contribution in [-0.4, -0.2) is 27.8 Å². The largest absolute Gasteiger partial charge is 0.416 e. The van der Waals surface area contributed by atoms with Gasteiger partial charge in [0.25, 0.3) is 5.91 Å². The fourth-order valence-electron chi connectivity index (χ4n) is 2.09. The highest BCUT2D eigenvalue weighted by Crippen LogP contribution is 2.36. The number of amides is 1. The number of hydrogen-bond acceptors (Lipinski definition) is 3. The number of carbonyl (C=O) groups excluding carboxylic acids is 1. The van der Waals surface area contributed by atoms with Gasteiger partial charge in [-0.2, -0.15) is 26.3 Å². The van der Waals surface area contributed by atoms with E-state index in [0.29, 0.717) is 12.1 Å². The predicted molar refractivity (Wildman–Crippen MR) is 74.3 cm³/mol. The average Bonchev–Trinajstić information content (AvgIpc) is 2.53. The van der Waals surface area contributed by atoms with E-state index < -0.39 is 35.9 Å². The van der Waals surface area contributed by atoms with Gasteiger partial charge in [0.1, 0.15) is 6.33 Å². The molecule has 0 spiro atoms. The van der Waals surface area contributed by atoms with Gasteiger partial charge in [0.05, 0.1) is 16.7 Å². The Morgan fingerprint density at radius 1 is 0.960 bits per heavy atom. The van der Waals surface area contributed by atoms with Crippen molar-refractivity contribution >= 4 is 5.91 Å². The zero-order valence-electron chi connectivity index (χ0n) is 12.7. The first-order chi connectivity index (χ1) is 11.5. The number of alkyl halides is 6. The second-order valence-corrected chi connectivity index (χ2v) is 5.20. The first kappa shape index (κ1) is 18.7. The molecule has 0 aliphatic heterocycles. The third-order valence-electron chi connectivity index (χ3n) is 3.22. The number of rotatable bonds is 3. The third kappa shape index (κ3) is 4.68. The van der Waals surface area contributed by atoms with Crippen molar-refractivity contribution in [3.8, 4) is 0 Å². The Labute approximate surface area is 138 Å². The molecule has 0 radical (unpaired) electrons. The van der Waals surface area contributed by atoms with Gasteiger partial charge in [0.2, 0.25) is 0 Å². The van der Waals surface area contributed by atoms with E-state index in [2.05, 4.69) is 9.97 Å². The quantitative estimate of drug-likeness (QED) is 0.780. The van der Waals surface area contributed by atoms with Crippen LogP contribution in [0.4, 0.5) is 26.3 Å². The van der Waals surface area contributed by atoms with Crippen LogP contribution < -0.4 is 0 Å². The smallest absolute Gasteiger partial charge is 0.337 e. The SMILES string of the molecule is CN(Cc1cc(C(F)(F)F)cc(C(F)(F)F)c1)C(=O)c1cncnc1. The maximum atomic E-state index is 12.8. The monoisotopic (exact) mass is 363 g/mol. The van der Waals surface area contributed by atoms with Gasteiger partial charge < -0.3 is 4.90 Å². The summed E-state index contributed by atoms with van der Waals surface area (Å²) in [6.45, 7) is -0.444. The zero-order valence-corrected chi connectivity index (χ0v) is 12.7. The molecule has 1 aromatic heterocycles. The standard InChI is InChI=1S/C15H11F6N3O/c1-24(13(25)10-5-22-8-23-6-10)7-9-2-11(14(16,17)18)4-12(3-9)15(19,20)21/h2-6,8H,7H2,1H3. The average molecular weight is 363 g/mol. The molecule has 1 heterocycles. The molecular weight excluding hydrogens is 352 g/mol. The third-order valence-corrected chi connectivity index (χ3v) is 3.22. The van der Waals surface area contributed by atoms with Crippen molar-refractivity contribution in [3.63, 3.8) is 0 Å². The molecule has 0 aliphatic carbocycles. The Kier molecular flexibility index (Phi) is 5.00. The lowest BCUT2D eigenvalue weighted by molar-refractivity contribution is -0.143. The first-order valence-corrected chi connectivity index (χ1v) is 6.77. The van der Waals surface area contributed by atoms with Gasteiger partial charge in [-0.3, -0.25) is 4.79 Å². The van der Waals surface area contributed by atoms with Crippen LogP contribution in [0.2, 0.25) is 0 Å². The fourth-order valence-corrected chi connectivity index (χ4v) is 2.09. The van der Waals surface area contributed by atoms with Gasteiger partial charge in [-0.1, -0.05) is 0 Å². The molecule has 25 heavy (non-hydrogen) atoms. The summed E-state index contributed by atoms with van der Waals surface area (Å²) < 4.78 is 77.0. The van der Waals surface area contributed by atoms with Crippen molar-refractivity contribution < 1.29 is 31.1 Å². The van der Waals surface area contributed by atoms with Crippen LogP contribution in [0.5, 0.6) is 0 Å². The number of hydrogen-bond donors (Lipinski definition) is 0. The summed E-state index contributed by atoms with van der Waals surface area (Å²) in [6.07, 6.45) is -6.31. The Hall–Kier alpha value is -2.65. The number of halogens is 6. The lowest BCUT2D eigenvalue weighted by atomic mass is 10.0. The summed E-state index contributed by atoms with van der Waals surface area (Å²) in [4.78, 5) is 20.4. The zero-order chi connectivity index (χ0) is 18.8. The Bertz CT molecular complexity index is 726. The number of nitrogens with zero attached hydrogens (tertiary/aromatic N) is 3. The maximum Gasteiger partial charge on any atom is 0.416 e. The Balaban J connectivity index is 2.33. The van der Waals surface area contributed by atoms with E-state index in [4.69, 9.17) is 0 Å². The Morgan fingerprint density at radius 3 is 1.88 bits per heavy atom. The normalized spacial score (nSPS) is 12.1. The van der Waals surface area contributed by atoms with Crippen LogP contribution in [0.15, 0.2) is 36.9 Å². The van der Waals surface area contributed by atoms with E-state index in [-0.39, 0.29) is 17.2 Å². The van der Waals surface area contributed by atoms with Gasteiger partial charge in [0, 0.05) is 26.0 Å². The number of aromatic nitrogens is 2. The molecule has 0 saturated carbocycles. The first-order valence-electron chi connectivity index (χ1n) is 6.77. The van der Waals surface area contributed by atoms with Crippen LogP contribution in [0.1, 0.15) is 27.0 Å². The van der Waals surface area contributed by atoms with Crippen molar-refractivity contribution in [1.29, 1.82) is 0 Å². The molecule has 10 heteroatoms. The van der Waals surface area contributed by atoms with E-state index in [0.717, 1.165) is 4.90 Å². The van der Waals surface area contributed by atoms with Crippen molar-refractivity contribution in [3.05, 3.63) is 59.2 Å². The van der Waals surface area contributed by atoms with Crippen molar-refractivity contribution in [2.45, 2.75) is 18.9 Å². The van der Waals surface area contributed by atoms with Crippen molar-refractivity contribution in [1.82, 2.24) is 14.9 Å². The summed E-state index contributed by atoms with van der Waals surface area (Å²) in [7, 11) is 1.25. The summed E-state index contributed by atoms with van der Waals surface area (Å²) >= 11 is 0. The summed E-state index contributed by atoms with van der Waals surface area (Å²) in [5.74, 6) is -0.633. The van der Waals surface area contributed by atoms with Gasteiger partial charge >= 0.3 is 12.4 Å². The van der Waals surface area contributed by atoms with Gasteiger partial charge in [-0.15, -0.1) is 0 Å². The second-order valence-electron chi connectivity index (χ2n) is 5.20. The van der Waals surface area contributed by atoms with Crippen molar-refractivity contribution in [2.24, 2.45) is 0 Å². The van der Waals surface area contributed by atoms with Crippen molar-refractivity contribution in [2.75, 3.05) is 7.05 Å². The molecule has 2 rings (SSSR count). The van der Waals surface area contributed by atoms with Crippen LogP contribution in [0.25, 0.3) is 0 Å². The van der Waals surface area contributed by atoms with Crippen LogP contribution in [-0.2, 0) is 18.9 Å². The minimum absolute atomic E-state index is 0.0381. The molecule has 0 N–H and O–H groups in total. The molecule has 0 unspecified atom stereocenters. The molecule has 0 aliphatic rings. The Morgan fingerprint density at radius 2 is 1.44 bits per heavy atom.